The number of hydrogen-bond donors (Lipinski definition) is 0. The van der Waals surface area contributed by atoms with E-state index in [4.69, 9.17) is 4.74 Å². The first kappa shape index (κ1) is 22.4. The fraction of sp³-hybridized carbons (Fsp3) is 0.125. The zero-order valence-corrected chi connectivity index (χ0v) is 17.0. The number of ether oxygens (including phenoxy) is 1. The van der Waals surface area contributed by atoms with Crippen LogP contribution in [0.4, 0.5) is 26.3 Å². The smallest absolute Gasteiger partial charge is 0.419 e. The summed E-state index contributed by atoms with van der Waals surface area (Å²) in [5.74, 6) is -2.98. The summed E-state index contributed by atoms with van der Waals surface area (Å²) in [5.41, 5.74) is -3.22. The number of alkyl halides is 3. The fourth-order valence-electron chi connectivity index (χ4n) is 3.78. The third kappa shape index (κ3) is 4.06. The second-order valence-corrected chi connectivity index (χ2v) is 7.25. The Labute approximate surface area is 183 Å². The van der Waals surface area contributed by atoms with Gasteiger partial charge in [0.25, 0.3) is 0 Å². The molecule has 1 aromatic heterocycles. The molecule has 33 heavy (non-hydrogen) atoms. The summed E-state index contributed by atoms with van der Waals surface area (Å²) < 4.78 is 89.4. The molecule has 0 aliphatic carbocycles. The van der Waals surface area contributed by atoms with Gasteiger partial charge in [-0.25, -0.2) is 13.2 Å². The van der Waals surface area contributed by atoms with Gasteiger partial charge >= 0.3 is 6.18 Å². The Kier molecular flexibility index (Phi) is 5.65. The number of rotatable bonds is 4. The van der Waals surface area contributed by atoms with E-state index in [-0.39, 0.29) is 28.8 Å². The molecule has 1 heterocycles. The molecule has 0 saturated heterocycles. The van der Waals surface area contributed by atoms with Crippen LogP contribution in [-0.2, 0) is 12.7 Å². The van der Waals surface area contributed by atoms with Crippen LogP contribution in [0, 0.1) is 17.5 Å². The van der Waals surface area contributed by atoms with Crippen LogP contribution in [0.1, 0.15) is 11.1 Å². The number of pyridine rings is 1. The molecule has 0 bridgehead atoms. The van der Waals surface area contributed by atoms with Crippen molar-refractivity contribution in [2.45, 2.75) is 12.7 Å². The second kappa shape index (κ2) is 8.31. The maximum atomic E-state index is 14.4. The molecule has 0 radical (unpaired) electrons. The van der Waals surface area contributed by atoms with Crippen molar-refractivity contribution in [3.05, 3.63) is 99.6 Å². The van der Waals surface area contributed by atoms with Gasteiger partial charge in [-0.15, -0.1) is 0 Å². The van der Waals surface area contributed by atoms with E-state index in [1.54, 1.807) is 0 Å². The number of fused-ring (bicyclic) bond motifs is 1. The zero-order valence-electron chi connectivity index (χ0n) is 17.0. The average molecular weight is 463 g/mol. The molecule has 3 nitrogen and oxygen atoms in total. The summed E-state index contributed by atoms with van der Waals surface area (Å²) >= 11 is 0. The van der Waals surface area contributed by atoms with Crippen molar-refractivity contribution in [2.75, 3.05) is 7.11 Å². The third-order valence-electron chi connectivity index (χ3n) is 5.22. The van der Waals surface area contributed by atoms with Crippen LogP contribution in [0.3, 0.4) is 0 Å². The summed E-state index contributed by atoms with van der Waals surface area (Å²) in [6.07, 6.45) is -3.97. The number of aromatic nitrogens is 1. The minimum Gasteiger partial charge on any atom is -0.495 e. The van der Waals surface area contributed by atoms with Crippen molar-refractivity contribution in [3.8, 4) is 16.9 Å². The molecule has 4 aromatic rings. The van der Waals surface area contributed by atoms with Crippen LogP contribution in [0.5, 0.6) is 5.75 Å². The van der Waals surface area contributed by atoms with Crippen molar-refractivity contribution in [1.29, 1.82) is 0 Å². The minimum atomic E-state index is -5.07. The van der Waals surface area contributed by atoms with Crippen molar-refractivity contribution < 1.29 is 31.1 Å². The number of methoxy groups -OCH3 is 1. The Morgan fingerprint density at radius 3 is 2.30 bits per heavy atom. The summed E-state index contributed by atoms with van der Waals surface area (Å²) in [4.78, 5) is 13.2. The largest absolute Gasteiger partial charge is 0.495 e. The molecule has 0 N–H and O–H groups in total. The topological polar surface area (TPSA) is 31.2 Å². The lowest BCUT2D eigenvalue weighted by atomic mass is 9.97. The number of hydrogen-bond acceptors (Lipinski definition) is 2. The quantitative estimate of drug-likeness (QED) is 0.340. The maximum absolute atomic E-state index is 14.4. The Balaban J connectivity index is 2.06. The SMILES string of the molecule is COc1cccc2c(=O)c(-c3cccc(F)c3C(F)(F)F)cn(Cc3ccc(F)cc3F)c12. The van der Waals surface area contributed by atoms with Crippen LogP contribution in [-0.4, -0.2) is 11.7 Å². The first-order valence-corrected chi connectivity index (χ1v) is 9.62. The molecule has 9 heteroatoms. The molecule has 0 amide bonds. The van der Waals surface area contributed by atoms with E-state index >= 15 is 0 Å². The summed E-state index contributed by atoms with van der Waals surface area (Å²) in [5, 5.41) is -0.00763. The first-order chi connectivity index (χ1) is 15.6. The Morgan fingerprint density at radius 1 is 0.909 bits per heavy atom. The molecular weight excluding hydrogens is 448 g/mol. The lowest BCUT2D eigenvalue weighted by molar-refractivity contribution is -0.139. The maximum Gasteiger partial charge on any atom is 0.419 e. The molecule has 0 fully saturated rings. The highest BCUT2D eigenvalue weighted by Crippen LogP contribution is 2.39. The highest BCUT2D eigenvalue weighted by molar-refractivity contribution is 5.89. The van der Waals surface area contributed by atoms with Gasteiger partial charge < -0.3 is 9.30 Å². The van der Waals surface area contributed by atoms with Gasteiger partial charge in [0.1, 0.15) is 23.2 Å². The van der Waals surface area contributed by atoms with E-state index in [1.165, 1.54) is 35.9 Å². The molecule has 170 valence electrons. The van der Waals surface area contributed by atoms with Gasteiger partial charge in [-0.05, 0) is 24.3 Å². The monoisotopic (exact) mass is 463 g/mol. The van der Waals surface area contributed by atoms with E-state index in [0.717, 1.165) is 24.4 Å². The Bertz CT molecular complexity index is 1430. The van der Waals surface area contributed by atoms with E-state index in [0.29, 0.717) is 12.1 Å². The molecule has 0 atom stereocenters. The normalized spacial score (nSPS) is 11.7. The van der Waals surface area contributed by atoms with Gasteiger partial charge in [-0.2, -0.15) is 13.2 Å². The van der Waals surface area contributed by atoms with Gasteiger partial charge in [-0.3, -0.25) is 4.79 Å². The number of nitrogens with zero attached hydrogens (tertiary/aromatic N) is 1. The molecule has 0 spiro atoms. The van der Waals surface area contributed by atoms with E-state index in [2.05, 4.69) is 0 Å². The molecule has 0 saturated carbocycles. The van der Waals surface area contributed by atoms with Gasteiger partial charge in [0.15, 0.2) is 5.43 Å². The van der Waals surface area contributed by atoms with Gasteiger partial charge in [-0.1, -0.05) is 24.3 Å². The molecular formula is C24H15F6NO2. The van der Waals surface area contributed by atoms with Crippen molar-refractivity contribution in [3.63, 3.8) is 0 Å². The van der Waals surface area contributed by atoms with Crippen LogP contribution >= 0.6 is 0 Å². The molecule has 0 aliphatic rings. The molecule has 4 rings (SSSR count). The van der Waals surface area contributed by atoms with E-state index < -0.39 is 45.7 Å². The standard InChI is InChI=1S/C24H15F6NO2/c1-33-20-7-3-5-16-22(20)31(11-13-8-9-14(25)10-19(13)27)12-17(23(16)32)15-4-2-6-18(26)21(15)24(28,29)30/h2-10,12H,11H2,1H3. The molecule has 0 unspecified atom stereocenters. The lowest BCUT2D eigenvalue weighted by Gasteiger charge is -2.18. The second-order valence-electron chi connectivity index (χ2n) is 7.25. The fourth-order valence-corrected chi connectivity index (χ4v) is 3.78. The predicted octanol–water partition coefficient (Wildman–Crippen LogP) is 6.16. The third-order valence-corrected chi connectivity index (χ3v) is 5.22. The van der Waals surface area contributed by atoms with Gasteiger partial charge in [0.05, 0.1) is 30.1 Å². The van der Waals surface area contributed by atoms with Gasteiger partial charge in [0, 0.05) is 29.0 Å². The highest BCUT2D eigenvalue weighted by atomic mass is 19.4. The van der Waals surface area contributed by atoms with E-state index in [9.17, 15) is 31.1 Å². The van der Waals surface area contributed by atoms with Crippen molar-refractivity contribution in [1.82, 2.24) is 4.57 Å². The van der Waals surface area contributed by atoms with Crippen LogP contribution in [0.25, 0.3) is 22.0 Å². The van der Waals surface area contributed by atoms with Crippen molar-refractivity contribution >= 4 is 10.9 Å². The minimum absolute atomic E-state index is 0.00763. The molecule has 0 aliphatic heterocycles. The van der Waals surface area contributed by atoms with Gasteiger partial charge in [0.2, 0.25) is 0 Å². The first-order valence-electron chi connectivity index (χ1n) is 9.62. The Hall–Kier alpha value is -3.75. The summed E-state index contributed by atoms with van der Waals surface area (Å²) in [6.45, 7) is -0.257. The highest BCUT2D eigenvalue weighted by Gasteiger charge is 2.37. The average Bonchev–Trinajstić information content (AvgIpc) is 2.75. The van der Waals surface area contributed by atoms with E-state index in [1.807, 2.05) is 0 Å². The number of benzene rings is 3. The van der Waals surface area contributed by atoms with Crippen molar-refractivity contribution in [2.24, 2.45) is 0 Å². The van der Waals surface area contributed by atoms with Crippen LogP contribution in [0.2, 0.25) is 0 Å². The Morgan fingerprint density at radius 2 is 1.64 bits per heavy atom. The zero-order chi connectivity index (χ0) is 23.9. The van der Waals surface area contributed by atoms with Crippen LogP contribution < -0.4 is 10.2 Å². The summed E-state index contributed by atoms with van der Waals surface area (Å²) in [7, 11) is 1.34. The number of halogens is 6. The molecule has 3 aromatic carbocycles. The summed E-state index contributed by atoms with van der Waals surface area (Å²) in [6, 6.07) is 10.0. The lowest BCUT2D eigenvalue weighted by Crippen LogP contribution is -2.17. The number of para-hydroxylation sites is 1. The van der Waals surface area contributed by atoms with Crippen LogP contribution in [0.15, 0.2) is 65.6 Å². The predicted molar refractivity (Wildman–Crippen MR) is 111 cm³/mol.